The maximum atomic E-state index is 12.9. The van der Waals surface area contributed by atoms with Crippen LogP contribution in [0.1, 0.15) is 29.3 Å². The third-order valence-corrected chi connectivity index (χ3v) is 5.47. The Bertz CT molecular complexity index is 960. The van der Waals surface area contributed by atoms with Crippen LogP contribution in [0, 0.1) is 0 Å². The van der Waals surface area contributed by atoms with Crippen LogP contribution in [0.3, 0.4) is 0 Å². The Morgan fingerprint density at radius 1 is 1.20 bits per heavy atom. The minimum absolute atomic E-state index is 0.148. The normalized spacial score (nSPS) is 15.1. The van der Waals surface area contributed by atoms with Gasteiger partial charge in [-0.05, 0) is 32.5 Å². The van der Waals surface area contributed by atoms with Crippen molar-refractivity contribution in [3.8, 4) is 0 Å². The minimum Gasteiger partial charge on any atom is -0.367 e. The fourth-order valence-corrected chi connectivity index (χ4v) is 3.74. The largest absolute Gasteiger partial charge is 0.367 e. The molecule has 1 fully saturated rings. The van der Waals surface area contributed by atoms with Crippen LogP contribution in [0.25, 0.3) is 11.2 Å². The summed E-state index contributed by atoms with van der Waals surface area (Å²) in [7, 11) is 2.14. The lowest BCUT2D eigenvalue weighted by molar-refractivity contribution is 0.0725. The maximum Gasteiger partial charge on any atom is 0.290 e. The topological polar surface area (TPSA) is 123 Å². The summed E-state index contributed by atoms with van der Waals surface area (Å²) in [6.45, 7) is 5.54. The van der Waals surface area contributed by atoms with Gasteiger partial charge in [0.1, 0.15) is 11.3 Å². The number of aromatic nitrogens is 5. The SMILES string of the molecule is CN1CCN(c2ccnc3nc(CN(CCCCN)C(=O)c4ncc[nH]4)[nH]c23)CC1. The molecule has 4 rings (SSSR count). The lowest BCUT2D eigenvalue weighted by Gasteiger charge is -2.34. The highest BCUT2D eigenvalue weighted by Crippen LogP contribution is 2.25. The van der Waals surface area contributed by atoms with E-state index in [1.54, 1.807) is 23.5 Å². The second kappa shape index (κ2) is 9.23. The quantitative estimate of drug-likeness (QED) is 0.469. The van der Waals surface area contributed by atoms with E-state index < -0.39 is 0 Å². The highest BCUT2D eigenvalue weighted by molar-refractivity contribution is 5.90. The first-order chi connectivity index (χ1) is 14.7. The zero-order valence-corrected chi connectivity index (χ0v) is 17.3. The zero-order valence-electron chi connectivity index (χ0n) is 17.3. The smallest absolute Gasteiger partial charge is 0.290 e. The van der Waals surface area contributed by atoms with Crippen molar-refractivity contribution in [3.63, 3.8) is 0 Å². The molecule has 10 heteroatoms. The number of imidazole rings is 2. The van der Waals surface area contributed by atoms with Crippen LogP contribution in [0.5, 0.6) is 0 Å². The van der Waals surface area contributed by atoms with Crippen LogP contribution in [0.4, 0.5) is 5.69 Å². The van der Waals surface area contributed by atoms with Gasteiger partial charge in [0, 0.05) is 51.3 Å². The summed E-state index contributed by atoms with van der Waals surface area (Å²) in [4.78, 5) is 38.8. The van der Waals surface area contributed by atoms with Crippen LogP contribution < -0.4 is 10.6 Å². The van der Waals surface area contributed by atoms with Crippen molar-refractivity contribution in [3.05, 3.63) is 36.3 Å². The van der Waals surface area contributed by atoms with Crippen LogP contribution in [0.15, 0.2) is 24.7 Å². The lowest BCUT2D eigenvalue weighted by atomic mass is 10.2. The molecule has 0 saturated carbocycles. The van der Waals surface area contributed by atoms with Gasteiger partial charge in [-0.3, -0.25) is 4.79 Å². The predicted octanol–water partition coefficient (Wildman–Crippen LogP) is 0.814. The van der Waals surface area contributed by atoms with Crippen LogP contribution >= 0.6 is 0 Å². The van der Waals surface area contributed by atoms with Crippen molar-refractivity contribution >= 4 is 22.8 Å². The molecule has 4 heterocycles. The van der Waals surface area contributed by atoms with Crippen molar-refractivity contribution in [1.82, 2.24) is 34.7 Å². The Labute approximate surface area is 175 Å². The highest BCUT2D eigenvalue weighted by atomic mass is 16.2. The average molecular weight is 412 g/mol. The Morgan fingerprint density at radius 3 is 2.77 bits per heavy atom. The number of amides is 1. The third-order valence-electron chi connectivity index (χ3n) is 5.47. The number of hydrogen-bond donors (Lipinski definition) is 3. The highest BCUT2D eigenvalue weighted by Gasteiger charge is 2.22. The summed E-state index contributed by atoms with van der Waals surface area (Å²) in [5.41, 5.74) is 8.33. The Hall–Kier alpha value is -2.98. The molecule has 1 aliphatic heterocycles. The molecule has 160 valence electrons. The van der Waals surface area contributed by atoms with E-state index in [0.29, 0.717) is 36.9 Å². The molecule has 0 aliphatic carbocycles. The maximum absolute atomic E-state index is 12.9. The van der Waals surface area contributed by atoms with Gasteiger partial charge in [0.25, 0.3) is 5.91 Å². The zero-order chi connectivity index (χ0) is 20.9. The van der Waals surface area contributed by atoms with Gasteiger partial charge >= 0.3 is 0 Å². The molecule has 3 aromatic rings. The molecular weight excluding hydrogens is 382 g/mol. The first kappa shape index (κ1) is 20.3. The summed E-state index contributed by atoms with van der Waals surface area (Å²) in [6, 6.07) is 2.03. The van der Waals surface area contributed by atoms with E-state index >= 15 is 0 Å². The summed E-state index contributed by atoms with van der Waals surface area (Å²) in [5.74, 6) is 0.895. The number of carbonyl (C=O) groups excluding carboxylic acids is 1. The number of nitrogens with zero attached hydrogens (tertiary/aromatic N) is 6. The van der Waals surface area contributed by atoms with Crippen molar-refractivity contribution in [2.75, 3.05) is 51.2 Å². The second-order valence-corrected chi connectivity index (χ2v) is 7.66. The first-order valence-electron chi connectivity index (χ1n) is 10.4. The van der Waals surface area contributed by atoms with Crippen LogP contribution in [0.2, 0.25) is 0 Å². The molecule has 10 nitrogen and oxygen atoms in total. The standard InChI is InChI=1S/C20H29N9O/c1-27-10-12-28(13-11-27)15-4-6-22-18-17(15)25-16(26-18)14-29(9-3-2-5-21)20(30)19-23-7-8-24-19/h4,6-8H,2-3,5,9-14,21H2,1H3,(H,23,24)(H,22,25,26). The van der Waals surface area contributed by atoms with Gasteiger partial charge in [-0.15, -0.1) is 0 Å². The fraction of sp³-hybridized carbons (Fsp3) is 0.500. The number of carbonyl (C=O) groups is 1. The summed E-state index contributed by atoms with van der Waals surface area (Å²) < 4.78 is 0. The van der Waals surface area contributed by atoms with Crippen molar-refractivity contribution < 1.29 is 4.79 Å². The second-order valence-electron chi connectivity index (χ2n) is 7.66. The number of piperazine rings is 1. The molecule has 0 bridgehead atoms. The average Bonchev–Trinajstić information content (AvgIpc) is 3.43. The Kier molecular flexibility index (Phi) is 6.24. The predicted molar refractivity (Wildman–Crippen MR) is 115 cm³/mol. The Morgan fingerprint density at radius 2 is 2.03 bits per heavy atom. The number of pyridine rings is 1. The van der Waals surface area contributed by atoms with Gasteiger partial charge in [-0.2, -0.15) is 0 Å². The molecule has 0 spiro atoms. The number of anilines is 1. The summed E-state index contributed by atoms with van der Waals surface area (Å²) in [5, 5.41) is 0. The van der Waals surface area contributed by atoms with Gasteiger partial charge in [-0.1, -0.05) is 0 Å². The van der Waals surface area contributed by atoms with Gasteiger partial charge in [0.05, 0.1) is 12.2 Å². The molecule has 4 N–H and O–H groups in total. The van der Waals surface area contributed by atoms with E-state index in [4.69, 9.17) is 5.73 Å². The third kappa shape index (κ3) is 4.44. The van der Waals surface area contributed by atoms with E-state index in [0.717, 1.165) is 50.2 Å². The lowest BCUT2D eigenvalue weighted by Crippen LogP contribution is -2.44. The number of rotatable bonds is 8. The van der Waals surface area contributed by atoms with Gasteiger partial charge < -0.3 is 30.4 Å². The van der Waals surface area contributed by atoms with E-state index in [-0.39, 0.29) is 5.91 Å². The number of fused-ring (bicyclic) bond motifs is 1. The number of aromatic amines is 2. The molecule has 0 unspecified atom stereocenters. The summed E-state index contributed by atoms with van der Waals surface area (Å²) in [6.07, 6.45) is 6.72. The van der Waals surface area contributed by atoms with E-state index in [1.165, 1.54) is 0 Å². The molecule has 1 saturated heterocycles. The van der Waals surface area contributed by atoms with E-state index in [9.17, 15) is 4.79 Å². The fourth-order valence-electron chi connectivity index (χ4n) is 3.74. The number of H-pyrrole nitrogens is 2. The van der Waals surface area contributed by atoms with E-state index in [2.05, 4.69) is 41.8 Å². The number of hydrogen-bond acceptors (Lipinski definition) is 7. The molecule has 1 aliphatic rings. The minimum atomic E-state index is -0.148. The monoisotopic (exact) mass is 411 g/mol. The number of likely N-dealkylation sites (N-methyl/N-ethyl adjacent to an activating group) is 1. The van der Waals surface area contributed by atoms with Crippen LogP contribution in [-0.4, -0.2) is 86.9 Å². The van der Waals surface area contributed by atoms with Crippen molar-refractivity contribution in [2.24, 2.45) is 5.73 Å². The van der Waals surface area contributed by atoms with Gasteiger partial charge in [0.2, 0.25) is 0 Å². The molecule has 0 aromatic carbocycles. The van der Waals surface area contributed by atoms with Crippen molar-refractivity contribution in [1.29, 1.82) is 0 Å². The van der Waals surface area contributed by atoms with E-state index in [1.807, 2.05) is 6.07 Å². The molecule has 30 heavy (non-hydrogen) atoms. The van der Waals surface area contributed by atoms with Crippen molar-refractivity contribution in [2.45, 2.75) is 19.4 Å². The molecular formula is C20H29N9O. The Balaban J connectivity index is 1.56. The number of unbranched alkanes of at least 4 members (excludes halogenated alkanes) is 1. The molecule has 0 radical (unpaired) electrons. The number of nitrogens with one attached hydrogen (secondary N) is 2. The first-order valence-corrected chi connectivity index (χ1v) is 10.4. The van der Waals surface area contributed by atoms with Crippen LogP contribution in [-0.2, 0) is 6.54 Å². The molecule has 1 amide bonds. The van der Waals surface area contributed by atoms with Gasteiger partial charge in [0.15, 0.2) is 11.5 Å². The molecule has 0 atom stereocenters. The number of nitrogens with two attached hydrogens (primary N) is 1. The summed E-state index contributed by atoms with van der Waals surface area (Å²) >= 11 is 0. The molecule has 3 aromatic heterocycles. The van der Waals surface area contributed by atoms with Gasteiger partial charge in [-0.25, -0.2) is 15.0 Å².